The molecule has 1 fully saturated rings. The third-order valence-corrected chi connectivity index (χ3v) is 4.78. The van der Waals surface area contributed by atoms with Crippen molar-refractivity contribution in [3.8, 4) is 5.75 Å². The molecule has 0 aliphatic heterocycles. The molecule has 0 amide bonds. The number of benzene rings is 1. The van der Waals surface area contributed by atoms with Gasteiger partial charge < -0.3 is 4.74 Å². The highest BCUT2D eigenvalue weighted by molar-refractivity contribution is 5.79. The van der Waals surface area contributed by atoms with Gasteiger partial charge in [0.15, 0.2) is 0 Å². The number of fused-ring (bicyclic) bond motifs is 1. The molecular weight excluding hydrogens is 258 g/mol. The summed E-state index contributed by atoms with van der Waals surface area (Å²) in [5.74, 6) is 1.79. The average molecular weight is 283 g/mol. The minimum atomic E-state index is 0.366. The van der Waals surface area contributed by atoms with Gasteiger partial charge in [-0.3, -0.25) is 4.98 Å². The first-order valence-corrected chi connectivity index (χ1v) is 8.04. The van der Waals surface area contributed by atoms with Crippen LogP contribution in [0.5, 0.6) is 5.75 Å². The van der Waals surface area contributed by atoms with Crippen LogP contribution in [0.1, 0.15) is 46.5 Å². The van der Waals surface area contributed by atoms with E-state index in [4.69, 9.17) is 4.74 Å². The molecule has 0 radical (unpaired) electrons. The molecule has 0 unspecified atom stereocenters. The van der Waals surface area contributed by atoms with Crippen molar-refractivity contribution in [3.05, 3.63) is 36.5 Å². The maximum atomic E-state index is 6.18. The van der Waals surface area contributed by atoms with E-state index in [0.29, 0.717) is 11.5 Å². The summed E-state index contributed by atoms with van der Waals surface area (Å²) >= 11 is 0. The van der Waals surface area contributed by atoms with Gasteiger partial charge in [0.25, 0.3) is 0 Å². The molecule has 2 aromatic rings. The van der Waals surface area contributed by atoms with Crippen molar-refractivity contribution in [1.29, 1.82) is 0 Å². The Balaban J connectivity index is 1.64. The molecule has 1 aromatic heterocycles. The second kappa shape index (κ2) is 5.67. The van der Waals surface area contributed by atoms with Crippen molar-refractivity contribution in [2.75, 3.05) is 0 Å². The maximum Gasteiger partial charge on any atom is 0.121 e. The Hall–Kier alpha value is -1.57. The topological polar surface area (TPSA) is 22.1 Å². The number of hydrogen-bond donors (Lipinski definition) is 0. The number of hydrogen-bond acceptors (Lipinski definition) is 2. The Bertz CT molecular complexity index is 606. The zero-order valence-corrected chi connectivity index (χ0v) is 13.3. The number of nitrogens with zero attached hydrogens (tertiary/aromatic N) is 1. The zero-order chi connectivity index (χ0) is 14.9. The van der Waals surface area contributed by atoms with E-state index in [1.807, 2.05) is 12.3 Å². The van der Waals surface area contributed by atoms with Gasteiger partial charge in [0.1, 0.15) is 5.75 Å². The van der Waals surface area contributed by atoms with Crippen molar-refractivity contribution < 1.29 is 4.74 Å². The third kappa shape index (κ3) is 3.37. The smallest absolute Gasteiger partial charge is 0.121 e. The van der Waals surface area contributed by atoms with Crippen molar-refractivity contribution in [1.82, 2.24) is 4.98 Å². The van der Waals surface area contributed by atoms with Crippen LogP contribution in [0.2, 0.25) is 0 Å². The van der Waals surface area contributed by atoms with E-state index in [1.54, 1.807) is 0 Å². The van der Waals surface area contributed by atoms with E-state index in [-0.39, 0.29) is 0 Å². The van der Waals surface area contributed by atoms with Crippen molar-refractivity contribution in [3.63, 3.8) is 0 Å². The first-order chi connectivity index (χ1) is 10.0. The summed E-state index contributed by atoms with van der Waals surface area (Å²) in [5, 5.41) is 1.17. The lowest BCUT2D eigenvalue weighted by Gasteiger charge is -2.36. The van der Waals surface area contributed by atoms with Crippen molar-refractivity contribution >= 4 is 10.9 Å². The Morgan fingerprint density at radius 3 is 2.52 bits per heavy atom. The number of pyridine rings is 1. The lowest BCUT2D eigenvalue weighted by atomic mass is 9.72. The van der Waals surface area contributed by atoms with Gasteiger partial charge in [0.05, 0.1) is 11.6 Å². The number of ether oxygens (including phenoxy) is 1. The Morgan fingerprint density at radius 2 is 1.81 bits per heavy atom. The summed E-state index contributed by atoms with van der Waals surface area (Å²) in [4.78, 5) is 4.40. The number of rotatable bonds is 2. The van der Waals surface area contributed by atoms with Crippen LogP contribution >= 0.6 is 0 Å². The van der Waals surface area contributed by atoms with E-state index < -0.39 is 0 Å². The maximum absolute atomic E-state index is 6.18. The molecule has 1 saturated carbocycles. The lowest BCUT2D eigenvalue weighted by molar-refractivity contribution is 0.0883. The van der Waals surface area contributed by atoms with Gasteiger partial charge in [0, 0.05) is 17.6 Å². The molecule has 21 heavy (non-hydrogen) atoms. The van der Waals surface area contributed by atoms with Gasteiger partial charge in [-0.25, -0.2) is 0 Å². The summed E-state index contributed by atoms with van der Waals surface area (Å²) < 4.78 is 6.18. The molecular formula is C19H25NO. The SMILES string of the molecule is CC(C)(C)C1CCC(Oc2ccc3cccnc3c2)CC1. The van der Waals surface area contributed by atoms with E-state index in [1.165, 1.54) is 31.1 Å². The molecule has 3 rings (SSSR count). The van der Waals surface area contributed by atoms with Gasteiger partial charge in [0.2, 0.25) is 0 Å². The van der Waals surface area contributed by atoms with Gasteiger partial charge in [-0.1, -0.05) is 26.8 Å². The van der Waals surface area contributed by atoms with E-state index >= 15 is 0 Å². The fourth-order valence-electron chi connectivity index (χ4n) is 3.36. The molecule has 0 spiro atoms. The second-order valence-corrected chi connectivity index (χ2v) is 7.32. The summed E-state index contributed by atoms with van der Waals surface area (Å²) in [5.41, 5.74) is 1.44. The largest absolute Gasteiger partial charge is 0.490 e. The molecule has 0 saturated heterocycles. The predicted octanol–water partition coefficient (Wildman–Crippen LogP) is 5.22. The standard InChI is InChI=1S/C19H25NO/c1-19(2,3)15-7-10-16(11-8-15)21-17-9-6-14-5-4-12-20-18(14)13-17/h4-6,9,12-13,15-16H,7-8,10-11H2,1-3H3. The zero-order valence-electron chi connectivity index (χ0n) is 13.3. The van der Waals surface area contributed by atoms with Gasteiger partial charge >= 0.3 is 0 Å². The van der Waals surface area contributed by atoms with Crippen LogP contribution in [0.15, 0.2) is 36.5 Å². The molecule has 2 nitrogen and oxygen atoms in total. The molecule has 1 aromatic carbocycles. The molecule has 0 atom stereocenters. The first kappa shape index (κ1) is 14.4. The normalized spacial score (nSPS) is 23.2. The van der Waals surface area contributed by atoms with Crippen LogP contribution in [0, 0.1) is 11.3 Å². The van der Waals surface area contributed by atoms with Gasteiger partial charge in [-0.2, -0.15) is 0 Å². The molecule has 112 valence electrons. The summed E-state index contributed by atoms with van der Waals surface area (Å²) in [7, 11) is 0. The molecule has 1 heterocycles. The minimum absolute atomic E-state index is 0.366. The molecule has 1 aliphatic carbocycles. The van der Waals surface area contributed by atoms with Crippen LogP contribution in [0.25, 0.3) is 10.9 Å². The Kier molecular flexibility index (Phi) is 3.88. The lowest BCUT2D eigenvalue weighted by Crippen LogP contribution is -2.30. The van der Waals surface area contributed by atoms with E-state index in [2.05, 4.69) is 50.0 Å². The fourth-order valence-corrected chi connectivity index (χ4v) is 3.36. The molecule has 2 heteroatoms. The summed E-state index contributed by atoms with van der Waals surface area (Å²) in [6.45, 7) is 7.07. The molecule has 0 bridgehead atoms. The van der Waals surface area contributed by atoms with Crippen LogP contribution in [-0.4, -0.2) is 11.1 Å². The molecule has 0 N–H and O–H groups in total. The van der Waals surface area contributed by atoms with Crippen LogP contribution in [-0.2, 0) is 0 Å². The Morgan fingerprint density at radius 1 is 1.05 bits per heavy atom. The monoisotopic (exact) mass is 283 g/mol. The highest BCUT2D eigenvalue weighted by Crippen LogP contribution is 2.38. The molecule has 1 aliphatic rings. The quantitative estimate of drug-likeness (QED) is 0.754. The van der Waals surface area contributed by atoms with Crippen LogP contribution in [0.4, 0.5) is 0 Å². The fraction of sp³-hybridized carbons (Fsp3) is 0.526. The first-order valence-electron chi connectivity index (χ1n) is 8.04. The van der Waals surface area contributed by atoms with Crippen LogP contribution < -0.4 is 4.74 Å². The third-order valence-electron chi connectivity index (χ3n) is 4.78. The van der Waals surface area contributed by atoms with Gasteiger partial charge in [-0.05, 0) is 55.2 Å². The van der Waals surface area contributed by atoms with Crippen molar-refractivity contribution in [2.24, 2.45) is 11.3 Å². The minimum Gasteiger partial charge on any atom is -0.490 e. The Labute approximate surface area is 127 Å². The second-order valence-electron chi connectivity index (χ2n) is 7.32. The van der Waals surface area contributed by atoms with Gasteiger partial charge in [-0.15, -0.1) is 0 Å². The highest BCUT2D eigenvalue weighted by atomic mass is 16.5. The number of aromatic nitrogens is 1. The van der Waals surface area contributed by atoms with Crippen molar-refractivity contribution in [2.45, 2.75) is 52.6 Å². The predicted molar refractivity (Wildman–Crippen MR) is 87.6 cm³/mol. The summed E-state index contributed by atoms with van der Waals surface area (Å²) in [6.07, 6.45) is 7.09. The average Bonchev–Trinajstić information content (AvgIpc) is 2.47. The highest BCUT2D eigenvalue weighted by Gasteiger charge is 2.30. The summed E-state index contributed by atoms with van der Waals surface area (Å²) in [6, 6.07) is 10.3. The van der Waals surface area contributed by atoms with E-state index in [0.717, 1.165) is 17.2 Å². The van der Waals surface area contributed by atoms with Crippen LogP contribution in [0.3, 0.4) is 0 Å². The van der Waals surface area contributed by atoms with E-state index in [9.17, 15) is 0 Å².